The minimum absolute atomic E-state index is 0.0792. The molecule has 2 aliphatic rings. The van der Waals surface area contributed by atoms with Gasteiger partial charge in [0.05, 0.1) is 22.7 Å². The van der Waals surface area contributed by atoms with Crippen LogP contribution >= 0.6 is 23.5 Å². The molecular formula is C37H46N4O6S2. The monoisotopic (exact) mass is 706 g/mol. The standard InChI is InChI=1S/C37H46N4O6S2/c1-37(2,3)47-36(45)41-24-48-23-30(41)35(44)40-29(21-39-34(43)28-16-10-11-17-31(28)42)33(49-22-25-12-6-4-7-13-25)26-18-19-32(38-20-26)46-27-14-8-5-9-15-27/h5,8-11,14-20,25,29-30,33,42H,4,6-7,12-13,21-24H2,1-3H3,(H,39,43)(H,40,44)/t29?,30-,33?/m0/s1. The maximum atomic E-state index is 14.0. The van der Waals surface area contributed by atoms with Gasteiger partial charge in [-0.25, -0.2) is 9.78 Å². The number of aromatic nitrogens is 1. The second-order valence-corrected chi connectivity index (χ2v) is 15.6. The van der Waals surface area contributed by atoms with Crippen molar-refractivity contribution in [1.82, 2.24) is 20.5 Å². The number of amides is 3. The average Bonchev–Trinajstić information content (AvgIpc) is 3.59. The molecule has 3 N–H and O–H groups in total. The van der Waals surface area contributed by atoms with Crippen molar-refractivity contribution in [2.24, 2.45) is 5.92 Å². The van der Waals surface area contributed by atoms with Gasteiger partial charge in [-0.2, -0.15) is 11.8 Å². The van der Waals surface area contributed by atoms with Gasteiger partial charge in [-0.15, -0.1) is 11.8 Å². The molecule has 1 aliphatic heterocycles. The van der Waals surface area contributed by atoms with Crippen LogP contribution in [0.15, 0.2) is 72.9 Å². The van der Waals surface area contributed by atoms with Gasteiger partial charge in [0.15, 0.2) is 0 Å². The van der Waals surface area contributed by atoms with Crippen LogP contribution in [0.1, 0.15) is 74.0 Å². The first kappa shape index (κ1) is 36.4. The highest BCUT2D eigenvalue weighted by molar-refractivity contribution is 7.99. The van der Waals surface area contributed by atoms with Crippen molar-refractivity contribution >= 4 is 41.4 Å². The average molecular weight is 707 g/mol. The highest BCUT2D eigenvalue weighted by Crippen LogP contribution is 2.38. The van der Waals surface area contributed by atoms with Crippen molar-refractivity contribution < 1.29 is 29.0 Å². The molecule has 1 aromatic heterocycles. The molecule has 5 rings (SSSR count). The Morgan fingerprint density at radius 2 is 1.76 bits per heavy atom. The van der Waals surface area contributed by atoms with Crippen molar-refractivity contribution in [1.29, 1.82) is 0 Å². The van der Waals surface area contributed by atoms with E-state index in [1.54, 1.807) is 56.9 Å². The summed E-state index contributed by atoms with van der Waals surface area (Å²) in [5, 5.41) is 16.2. The number of thioether (sulfide) groups is 2. The Kier molecular flexibility index (Phi) is 12.7. The molecule has 0 bridgehead atoms. The second-order valence-electron chi connectivity index (χ2n) is 13.4. The maximum absolute atomic E-state index is 14.0. The summed E-state index contributed by atoms with van der Waals surface area (Å²) in [6.45, 7) is 5.47. The third kappa shape index (κ3) is 10.5. The largest absolute Gasteiger partial charge is 0.507 e. The van der Waals surface area contributed by atoms with Crippen LogP contribution in [0, 0.1) is 5.92 Å². The molecule has 1 aliphatic carbocycles. The fourth-order valence-electron chi connectivity index (χ4n) is 5.90. The van der Waals surface area contributed by atoms with E-state index in [-0.39, 0.29) is 29.0 Å². The number of aromatic hydroxyl groups is 1. The molecule has 3 atom stereocenters. The lowest BCUT2D eigenvalue weighted by atomic mass is 9.91. The Bertz CT molecular complexity index is 1550. The lowest BCUT2D eigenvalue weighted by Gasteiger charge is -2.32. The second kappa shape index (κ2) is 17.2. The molecule has 10 nitrogen and oxygen atoms in total. The van der Waals surface area contributed by atoms with Gasteiger partial charge >= 0.3 is 6.09 Å². The Morgan fingerprint density at radius 1 is 1.02 bits per heavy atom. The normalized spacial score (nSPS) is 17.9. The molecule has 12 heteroatoms. The van der Waals surface area contributed by atoms with Crippen LogP contribution in [0.3, 0.4) is 0 Å². The molecule has 3 aromatic rings. The minimum atomic E-state index is -0.736. The van der Waals surface area contributed by atoms with Crippen molar-refractivity contribution in [2.45, 2.75) is 75.8 Å². The van der Waals surface area contributed by atoms with Crippen LogP contribution in [0.2, 0.25) is 0 Å². The number of ether oxygens (including phenoxy) is 2. The highest BCUT2D eigenvalue weighted by atomic mass is 32.2. The minimum Gasteiger partial charge on any atom is -0.507 e. The third-order valence-electron chi connectivity index (χ3n) is 8.43. The summed E-state index contributed by atoms with van der Waals surface area (Å²) >= 11 is 3.23. The van der Waals surface area contributed by atoms with Crippen molar-refractivity contribution in [3.8, 4) is 17.4 Å². The van der Waals surface area contributed by atoms with Gasteiger partial charge in [-0.05, 0) is 75.1 Å². The van der Waals surface area contributed by atoms with Gasteiger partial charge in [0.25, 0.3) is 5.91 Å². The maximum Gasteiger partial charge on any atom is 0.411 e. The van der Waals surface area contributed by atoms with Gasteiger partial charge in [0, 0.05) is 24.6 Å². The van der Waals surface area contributed by atoms with Gasteiger partial charge < -0.3 is 25.2 Å². The number of carbonyl (C=O) groups is 3. The molecule has 0 spiro atoms. The van der Waals surface area contributed by atoms with Gasteiger partial charge in [0.1, 0.15) is 23.1 Å². The Morgan fingerprint density at radius 3 is 2.45 bits per heavy atom. The van der Waals surface area contributed by atoms with Crippen LogP contribution in [0.5, 0.6) is 17.4 Å². The summed E-state index contributed by atoms with van der Waals surface area (Å²) in [7, 11) is 0. The van der Waals surface area contributed by atoms with E-state index in [0.717, 1.165) is 24.2 Å². The number of nitrogens with one attached hydrogen (secondary N) is 2. The summed E-state index contributed by atoms with van der Waals surface area (Å²) < 4.78 is 11.6. The van der Waals surface area contributed by atoms with E-state index < -0.39 is 29.7 Å². The first-order chi connectivity index (χ1) is 23.6. The van der Waals surface area contributed by atoms with Crippen molar-refractivity contribution in [3.05, 3.63) is 84.1 Å². The number of para-hydroxylation sites is 2. The zero-order valence-corrected chi connectivity index (χ0v) is 29.9. The van der Waals surface area contributed by atoms with E-state index in [2.05, 4.69) is 15.6 Å². The van der Waals surface area contributed by atoms with Gasteiger partial charge in [-0.3, -0.25) is 14.5 Å². The summed E-state index contributed by atoms with van der Waals surface area (Å²) in [5.74, 6) is 2.42. The van der Waals surface area contributed by atoms with Crippen molar-refractivity contribution in [3.63, 3.8) is 0 Å². The van der Waals surface area contributed by atoms with Crippen LogP contribution in [-0.2, 0) is 9.53 Å². The number of phenolic OH excluding ortho intramolecular Hbond substituents is 1. The molecule has 49 heavy (non-hydrogen) atoms. The molecule has 3 amide bonds. The number of hydrogen-bond donors (Lipinski definition) is 3. The quantitative estimate of drug-likeness (QED) is 0.180. The lowest BCUT2D eigenvalue weighted by molar-refractivity contribution is -0.125. The molecule has 1 saturated heterocycles. The van der Waals surface area contributed by atoms with E-state index in [4.69, 9.17) is 9.47 Å². The number of phenols is 1. The molecule has 1 saturated carbocycles. The Hall–Kier alpha value is -3.90. The van der Waals surface area contributed by atoms with E-state index in [9.17, 15) is 19.5 Å². The van der Waals surface area contributed by atoms with E-state index >= 15 is 0 Å². The van der Waals surface area contributed by atoms with Crippen LogP contribution < -0.4 is 15.4 Å². The zero-order valence-electron chi connectivity index (χ0n) is 28.3. The summed E-state index contributed by atoms with van der Waals surface area (Å²) in [6.07, 6.45) is 7.21. The fourth-order valence-corrected chi connectivity index (χ4v) is 8.59. The molecule has 2 fully saturated rings. The molecule has 2 heterocycles. The number of nitrogens with zero attached hydrogens (tertiary/aromatic N) is 2. The number of carbonyl (C=O) groups excluding carboxylic acids is 3. The molecule has 2 aromatic carbocycles. The first-order valence-electron chi connectivity index (χ1n) is 16.8. The topological polar surface area (TPSA) is 130 Å². The van der Waals surface area contributed by atoms with Crippen LogP contribution in [0.4, 0.5) is 4.79 Å². The van der Waals surface area contributed by atoms with E-state index in [1.807, 2.05) is 42.5 Å². The number of benzene rings is 2. The lowest BCUT2D eigenvalue weighted by Crippen LogP contribution is -2.54. The van der Waals surface area contributed by atoms with Crippen LogP contribution in [0.25, 0.3) is 0 Å². The Balaban J connectivity index is 1.41. The predicted octanol–water partition coefficient (Wildman–Crippen LogP) is 7.16. The zero-order chi connectivity index (χ0) is 34.8. The molecule has 2 unspecified atom stereocenters. The van der Waals surface area contributed by atoms with E-state index in [0.29, 0.717) is 29.2 Å². The van der Waals surface area contributed by atoms with Gasteiger partial charge in [0.2, 0.25) is 11.8 Å². The number of hydrogen-bond acceptors (Lipinski definition) is 9. The molecular weight excluding hydrogens is 661 g/mol. The Labute approximate surface area is 297 Å². The van der Waals surface area contributed by atoms with Gasteiger partial charge in [-0.1, -0.05) is 55.7 Å². The predicted molar refractivity (Wildman–Crippen MR) is 194 cm³/mol. The van der Waals surface area contributed by atoms with Crippen molar-refractivity contribution in [2.75, 3.05) is 23.9 Å². The smallest absolute Gasteiger partial charge is 0.411 e. The summed E-state index contributed by atoms with van der Waals surface area (Å²) in [5.41, 5.74) is 0.310. The summed E-state index contributed by atoms with van der Waals surface area (Å²) in [4.78, 5) is 46.4. The molecule has 0 radical (unpaired) electrons. The third-order valence-corrected chi connectivity index (χ3v) is 11.1. The highest BCUT2D eigenvalue weighted by Gasteiger charge is 2.39. The van der Waals surface area contributed by atoms with Crippen LogP contribution in [-0.4, -0.2) is 74.5 Å². The summed E-state index contributed by atoms with van der Waals surface area (Å²) in [6, 6.07) is 18.2. The SMILES string of the molecule is CC(C)(C)OC(=O)N1CSC[C@H]1C(=O)NC(CNC(=O)c1ccccc1O)C(SCC1CCCCC1)c1ccc(Oc2ccccc2)nc1. The van der Waals surface area contributed by atoms with E-state index in [1.165, 1.54) is 42.0 Å². The molecule has 262 valence electrons. The fraction of sp³-hybridized carbons (Fsp3) is 0.459. The first-order valence-corrected chi connectivity index (χ1v) is 19.0. The number of rotatable bonds is 12. The number of pyridine rings is 1.